The van der Waals surface area contributed by atoms with Crippen LogP contribution < -0.4 is 4.72 Å². The van der Waals surface area contributed by atoms with Crippen molar-refractivity contribution in [2.75, 3.05) is 6.54 Å². The van der Waals surface area contributed by atoms with Crippen LogP contribution in [-0.4, -0.2) is 26.0 Å². The van der Waals surface area contributed by atoms with E-state index in [0.29, 0.717) is 17.9 Å². The van der Waals surface area contributed by atoms with E-state index in [0.717, 1.165) is 11.0 Å². The van der Waals surface area contributed by atoms with Crippen molar-refractivity contribution in [3.05, 3.63) is 40.3 Å². The normalized spacial score (nSPS) is 11.8. The van der Waals surface area contributed by atoms with Crippen LogP contribution >= 0.6 is 11.6 Å². The minimum absolute atomic E-state index is 0.0440. The molecule has 110 valence electrons. The summed E-state index contributed by atoms with van der Waals surface area (Å²) in [5, 5.41) is 10.1. The van der Waals surface area contributed by atoms with Gasteiger partial charge in [-0.2, -0.15) is 0 Å². The summed E-state index contributed by atoms with van der Waals surface area (Å²) in [7, 11) is -3.50. The number of halogens is 1. The van der Waals surface area contributed by atoms with E-state index < -0.39 is 16.0 Å². The zero-order valence-electron chi connectivity index (χ0n) is 10.8. The highest BCUT2D eigenvalue weighted by Gasteiger charge is 2.04. The number of hydrogen-bond acceptors (Lipinski definition) is 3. The second kappa shape index (κ2) is 8.04. The Hall–Kier alpha value is -1.37. The largest absolute Gasteiger partial charge is 0.481 e. The Morgan fingerprint density at radius 3 is 2.50 bits per heavy atom. The fourth-order valence-electron chi connectivity index (χ4n) is 1.41. The number of aliphatic carboxylic acids is 1. The van der Waals surface area contributed by atoms with Crippen LogP contribution in [0.15, 0.2) is 29.7 Å². The molecular weight excluding hydrogens is 302 g/mol. The van der Waals surface area contributed by atoms with Crippen LogP contribution in [0.3, 0.4) is 0 Å². The van der Waals surface area contributed by atoms with Gasteiger partial charge in [0.1, 0.15) is 0 Å². The Morgan fingerprint density at radius 2 is 1.90 bits per heavy atom. The van der Waals surface area contributed by atoms with Gasteiger partial charge >= 0.3 is 5.97 Å². The van der Waals surface area contributed by atoms with Crippen LogP contribution in [0, 0.1) is 0 Å². The lowest BCUT2D eigenvalue weighted by Gasteiger charge is -2.02. The molecule has 0 aliphatic rings. The minimum Gasteiger partial charge on any atom is -0.481 e. The van der Waals surface area contributed by atoms with E-state index in [1.165, 1.54) is 6.08 Å². The maximum absolute atomic E-state index is 11.6. The number of hydrogen-bond donors (Lipinski definition) is 2. The third kappa shape index (κ3) is 7.28. The Kier molecular flexibility index (Phi) is 6.70. The number of carbonyl (C=O) groups is 1. The van der Waals surface area contributed by atoms with Crippen LogP contribution in [0.1, 0.15) is 24.8 Å². The first-order chi connectivity index (χ1) is 9.39. The second-order valence-corrected chi connectivity index (χ2v) is 6.23. The first kappa shape index (κ1) is 16.7. The zero-order chi connectivity index (χ0) is 15.0. The zero-order valence-corrected chi connectivity index (χ0v) is 12.3. The van der Waals surface area contributed by atoms with E-state index in [1.807, 2.05) is 0 Å². The van der Waals surface area contributed by atoms with E-state index in [9.17, 15) is 13.2 Å². The summed E-state index contributed by atoms with van der Waals surface area (Å²) >= 11 is 5.73. The molecule has 0 fully saturated rings. The third-order valence-electron chi connectivity index (χ3n) is 2.43. The van der Waals surface area contributed by atoms with Crippen LogP contribution in [-0.2, 0) is 14.8 Å². The molecule has 0 atom stereocenters. The van der Waals surface area contributed by atoms with Gasteiger partial charge in [0.25, 0.3) is 0 Å². The van der Waals surface area contributed by atoms with E-state index in [2.05, 4.69) is 4.72 Å². The van der Waals surface area contributed by atoms with Gasteiger partial charge in [-0.15, -0.1) is 0 Å². The number of benzene rings is 1. The quantitative estimate of drug-likeness (QED) is 0.721. The van der Waals surface area contributed by atoms with E-state index in [1.54, 1.807) is 24.3 Å². The average Bonchev–Trinajstić information content (AvgIpc) is 2.37. The van der Waals surface area contributed by atoms with Crippen LogP contribution in [0.25, 0.3) is 6.08 Å². The highest BCUT2D eigenvalue weighted by atomic mass is 35.5. The minimum atomic E-state index is -3.50. The molecule has 0 bridgehead atoms. The van der Waals surface area contributed by atoms with Gasteiger partial charge in [-0.3, -0.25) is 4.79 Å². The lowest BCUT2D eigenvalue weighted by molar-refractivity contribution is -0.137. The Balaban J connectivity index is 2.41. The maximum atomic E-state index is 11.6. The molecule has 5 nitrogen and oxygen atoms in total. The number of carboxylic acid groups (broad SMARTS) is 1. The Labute approximate surface area is 123 Å². The summed E-state index contributed by atoms with van der Waals surface area (Å²) in [6, 6.07) is 6.77. The summed E-state index contributed by atoms with van der Waals surface area (Å²) < 4.78 is 25.6. The molecule has 1 aromatic carbocycles. The van der Waals surface area contributed by atoms with Crippen molar-refractivity contribution in [2.24, 2.45) is 0 Å². The fourth-order valence-corrected chi connectivity index (χ4v) is 2.39. The molecule has 0 aromatic heterocycles. The maximum Gasteiger partial charge on any atom is 0.303 e. The van der Waals surface area contributed by atoms with Crippen molar-refractivity contribution in [2.45, 2.75) is 19.3 Å². The molecule has 0 saturated carbocycles. The van der Waals surface area contributed by atoms with Crippen LogP contribution in [0.4, 0.5) is 0 Å². The molecule has 0 spiro atoms. The van der Waals surface area contributed by atoms with Crippen molar-refractivity contribution in [1.82, 2.24) is 4.72 Å². The molecule has 20 heavy (non-hydrogen) atoms. The molecule has 1 rings (SSSR count). The molecule has 0 saturated heterocycles. The lowest BCUT2D eigenvalue weighted by Crippen LogP contribution is -2.22. The van der Waals surface area contributed by atoms with Gasteiger partial charge in [0, 0.05) is 23.4 Å². The van der Waals surface area contributed by atoms with Crippen molar-refractivity contribution in [3.8, 4) is 0 Å². The average molecular weight is 318 g/mol. The first-order valence-corrected chi connectivity index (χ1v) is 7.96. The Morgan fingerprint density at radius 1 is 1.25 bits per heavy atom. The summed E-state index contributed by atoms with van der Waals surface area (Å²) in [5.74, 6) is -0.879. The third-order valence-corrected chi connectivity index (χ3v) is 3.78. The standard InChI is InChI=1S/C13H16ClNO4S/c14-12-6-4-11(5-7-12)8-10-20(18,19)15-9-2-1-3-13(16)17/h4-8,10,15H,1-3,9H2,(H,16,17). The fraction of sp³-hybridized carbons (Fsp3) is 0.308. The van der Waals surface area contributed by atoms with E-state index in [-0.39, 0.29) is 13.0 Å². The Bertz CT molecular complexity index is 567. The smallest absolute Gasteiger partial charge is 0.303 e. The van der Waals surface area contributed by atoms with E-state index in [4.69, 9.17) is 16.7 Å². The van der Waals surface area contributed by atoms with Gasteiger partial charge in [0.05, 0.1) is 0 Å². The first-order valence-electron chi connectivity index (χ1n) is 6.04. The number of carboxylic acids is 1. The second-order valence-electron chi connectivity index (χ2n) is 4.14. The van der Waals surface area contributed by atoms with Crippen LogP contribution in [0.5, 0.6) is 0 Å². The number of unbranched alkanes of at least 4 members (excludes halogenated alkanes) is 1. The topological polar surface area (TPSA) is 83.5 Å². The molecule has 0 aliphatic heterocycles. The molecule has 2 N–H and O–H groups in total. The predicted molar refractivity (Wildman–Crippen MR) is 78.9 cm³/mol. The van der Waals surface area contributed by atoms with E-state index >= 15 is 0 Å². The molecule has 0 aliphatic carbocycles. The van der Waals surface area contributed by atoms with Crippen LogP contribution in [0.2, 0.25) is 5.02 Å². The molecule has 0 heterocycles. The van der Waals surface area contributed by atoms with Crippen molar-refractivity contribution < 1.29 is 18.3 Å². The molecule has 0 radical (unpaired) electrons. The summed E-state index contributed by atoms with van der Waals surface area (Å²) in [4.78, 5) is 10.3. The summed E-state index contributed by atoms with van der Waals surface area (Å²) in [6.45, 7) is 0.223. The predicted octanol–water partition coefficient (Wildman–Crippen LogP) is 2.49. The van der Waals surface area contributed by atoms with Crippen molar-refractivity contribution in [3.63, 3.8) is 0 Å². The molecule has 7 heteroatoms. The number of nitrogens with one attached hydrogen (secondary N) is 1. The van der Waals surface area contributed by atoms with Gasteiger partial charge in [0.2, 0.25) is 10.0 Å². The molecule has 0 unspecified atom stereocenters. The lowest BCUT2D eigenvalue weighted by atomic mass is 10.2. The van der Waals surface area contributed by atoms with Gasteiger partial charge < -0.3 is 5.11 Å². The molecular formula is C13H16ClNO4S. The molecule has 1 aromatic rings. The summed E-state index contributed by atoms with van der Waals surface area (Å²) in [5.41, 5.74) is 0.727. The number of rotatable bonds is 8. The molecule has 0 amide bonds. The van der Waals surface area contributed by atoms with Gasteiger partial charge in [-0.25, -0.2) is 13.1 Å². The van der Waals surface area contributed by atoms with Gasteiger partial charge in [-0.1, -0.05) is 23.7 Å². The van der Waals surface area contributed by atoms with Crippen molar-refractivity contribution >= 4 is 33.7 Å². The summed E-state index contributed by atoms with van der Waals surface area (Å²) in [6.07, 6.45) is 2.44. The monoisotopic (exact) mass is 317 g/mol. The number of sulfonamides is 1. The van der Waals surface area contributed by atoms with Crippen molar-refractivity contribution in [1.29, 1.82) is 0 Å². The highest BCUT2D eigenvalue weighted by Crippen LogP contribution is 2.11. The van der Waals surface area contributed by atoms with Gasteiger partial charge in [0.15, 0.2) is 0 Å². The SMILES string of the molecule is O=C(O)CCCCNS(=O)(=O)C=Cc1ccc(Cl)cc1. The highest BCUT2D eigenvalue weighted by molar-refractivity contribution is 7.92. The van der Waals surface area contributed by atoms with Gasteiger partial charge in [-0.05, 0) is 36.6 Å².